The molecule has 0 fully saturated rings. The summed E-state index contributed by atoms with van der Waals surface area (Å²) >= 11 is 0. The Kier molecular flexibility index (Phi) is 2.63. The smallest absolute Gasteiger partial charge is 0.233 e. The van der Waals surface area contributed by atoms with Gasteiger partial charge in [-0.1, -0.05) is 24.3 Å². The van der Waals surface area contributed by atoms with Crippen molar-refractivity contribution in [2.75, 3.05) is 6.61 Å². The zero-order valence-corrected chi connectivity index (χ0v) is 8.53. The minimum Gasteiger partial charge on any atom is -0.477 e. The fourth-order valence-corrected chi connectivity index (χ4v) is 1.51. The second-order valence-electron chi connectivity index (χ2n) is 3.14. The van der Waals surface area contributed by atoms with Gasteiger partial charge in [0.05, 0.1) is 6.61 Å². The van der Waals surface area contributed by atoms with Gasteiger partial charge in [0, 0.05) is 11.6 Å². The van der Waals surface area contributed by atoms with E-state index in [9.17, 15) is 0 Å². The molecule has 2 aromatic rings. The van der Waals surface area contributed by atoms with Crippen molar-refractivity contribution in [1.82, 2.24) is 4.98 Å². The summed E-state index contributed by atoms with van der Waals surface area (Å²) in [4.78, 5) is 4.18. The highest BCUT2D eigenvalue weighted by atomic mass is 16.5. The lowest BCUT2D eigenvalue weighted by Crippen LogP contribution is -2.07. The van der Waals surface area contributed by atoms with E-state index >= 15 is 0 Å². The van der Waals surface area contributed by atoms with Gasteiger partial charge in [-0.05, 0) is 18.4 Å². The fraction of sp³-hybridized carbons (Fsp3) is 0.167. The van der Waals surface area contributed by atoms with Gasteiger partial charge in [0.15, 0.2) is 0 Å². The van der Waals surface area contributed by atoms with Crippen molar-refractivity contribution in [3.05, 3.63) is 42.2 Å². The topological polar surface area (TPSA) is 46.0 Å². The molecule has 15 heavy (non-hydrogen) atoms. The molecule has 0 aliphatic rings. The summed E-state index contributed by atoms with van der Waals surface area (Å²) in [6.07, 6.45) is 1.70. The van der Waals surface area contributed by atoms with Crippen molar-refractivity contribution in [3.63, 3.8) is 0 Å². The van der Waals surface area contributed by atoms with E-state index in [1.807, 2.05) is 37.3 Å². The molecule has 1 aromatic carbocycles. The van der Waals surface area contributed by atoms with Crippen LogP contribution in [-0.4, -0.2) is 17.5 Å². The van der Waals surface area contributed by atoms with Crippen LogP contribution in [-0.2, 0) is 4.74 Å². The van der Waals surface area contributed by atoms with Crippen molar-refractivity contribution in [2.24, 2.45) is 0 Å². The molecule has 0 aliphatic heterocycles. The molecule has 2 rings (SSSR count). The zero-order chi connectivity index (χ0) is 10.7. The van der Waals surface area contributed by atoms with E-state index in [2.05, 4.69) is 4.98 Å². The number of fused-ring (bicyclic) bond motifs is 1. The summed E-state index contributed by atoms with van der Waals surface area (Å²) in [6, 6.07) is 9.78. The molecular formula is C12H12N2O. The SMILES string of the molecule is CCOC(=N)c1nccc2ccccc12. The van der Waals surface area contributed by atoms with E-state index in [4.69, 9.17) is 10.1 Å². The van der Waals surface area contributed by atoms with Gasteiger partial charge in [-0.25, -0.2) is 0 Å². The maximum absolute atomic E-state index is 7.73. The maximum Gasteiger partial charge on any atom is 0.233 e. The molecule has 1 aromatic heterocycles. The normalized spacial score (nSPS) is 10.2. The summed E-state index contributed by atoms with van der Waals surface area (Å²) in [6.45, 7) is 2.35. The molecule has 0 atom stereocenters. The van der Waals surface area contributed by atoms with E-state index in [-0.39, 0.29) is 5.90 Å². The molecule has 0 amide bonds. The van der Waals surface area contributed by atoms with Crippen LogP contribution in [0.1, 0.15) is 12.6 Å². The number of hydrogen-bond acceptors (Lipinski definition) is 3. The molecule has 0 saturated carbocycles. The second-order valence-corrected chi connectivity index (χ2v) is 3.14. The minimum atomic E-state index is 0.134. The molecule has 0 saturated heterocycles. The predicted octanol–water partition coefficient (Wildman–Crippen LogP) is 2.60. The predicted molar refractivity (Wildman–Crippen MR) is 60.2 cm³/mol. The third-order valence-corrected chi connectivity index (χ3v) is 2.18. The van der Waals surface area contributed by atoms with Crippen LogP contribution in [0.2, 0.25) is 0 Å². The molecule has 3 heteroatoms. The largest absolute Gasteiger partial charge is 0.477 e. The van der Waals surface area contributed by atoms with Gasteiger partial charge >= 0.3 is 0 Å². The van der Waals surface area contributed by atoms with Crippen LogP contribution >= 0.6 is 0 Å². The number of rotatable bonds is 2. The summed E-state index contributed by atoms with van der Waals surface area (Å²) in [7, 11) is 0. The van der Waals surface area contributed by atoms with E-state index in [0.29, 0.717) is 12.3 Å². The van der Waals surface area contributed by atoms with Crippen LogP contribution < -0.4 is 0 Å². The van der Waals surface area contributed by atoms with E-state index in [1.54, 1.807) is 6.20 Å². The van der Waals surface area contributed by atoms with Gasteiger partial charge in [0.2, 0.25) is 5.90 Å². The first kappa shape index (κ1) is 9.65. The Morgan fingerprint density at radius 3 is 2.93 bits per heavy atom. The number of benzene rings is 1. The molecule has 0 unspecified atom stereocenters. The highest BCUT2D eigenvalue weighted by Crippen LogP contribution is 2.16. The summed E-state index contributed by atoms with van der Waals surface area (Å²) in [5.41, 5.74) is 0.606. The van der Waals surface area contributed by atoms with E-state index in [0.717, 1.165) is 10.8 Å². The van der Waals surface area contributed by atoms with E-state index < -0.39 is 0 Å². The Labute approximate surface area is 88.2 Å². The summed E-state index contributed by atoms with van der Waals surface area (Å²) in [5, 5.41) is 9.76. The van der Waals surface area contributed by atoms with Crippen molar-refractivity contribution >= 4 is 16.7 Å². The van der Waals surface area contributed by atoms with Crippen LogP contribution in [0.4, 0.5) is 0 Å². The van der Waals surface area contributed by atoms with Crippen LogP contribution in [0.25, 0.3) is 10.8 Å². The van der Waals surface area contributed by atoms with Gasteiger partial charge in [0.1, 0.15) is 5.69 Å². The second kappa shape index (κ2) is 4.09. The highest BCUT2D eigenvalue weighted by Gasteiger charge is 2.07. The Morgan fingerprint density at radius 2 is 2.13 bits per heavy atom. The maximum atomic E-state index is 7.73. The van der Waals surface area contributed by atoms with Crippen molar-refractivity contribution < 1.29 is 4.74 Å². The molecule has 1 heterocycles. The minimum absolute atomic E-state index is 0.134. The Bertz CT molecular complexity index is 488. The van der Waals surface area contributed by atoms with Gasteiger partial charge in [-0.15, -0.1) is 0 Å². The van der Waals surface area contributed by atoms with Crippen LogP contribution in [0.5, 0.6) is 0 Å². The van der Waals surface area contributed by atoms with Crippen molar-refractivity contribution in [1.29, 1.82) is 5.41 Å². The van der Waals surface area contributed by atoms with Crippen LogP contribution in [0, 0.1) is 5.41 Å². The molecule has 1 N–H and O–H groups in total. The van der Waals surface area contributed by atoms with Gasteiger partial charge in [0.25, 0.3) is 0 Å². The fourth-order valence-electron chi connectivity index (χ4n) is 1.51. The molecule has 0 bridgehead atoms. The number of aromatic nitrogens is 1. The number of pyridine rings is 1. The van der Waals surface area contributed by atoms with E-state index in [1.165, 1.54) is 0 Å². The number of nitrogens with one attached hydrogen (secondary N) is 1. The molecule has 0 spiro atoms. The number of nitrogens with zero attached hydrogens (tertiary/aromatic N) is 1. The van der Waals surface area contributed by atoms with Crippen LogP contribution in [0.3, 0.4) is 0 Å². The molecule has 0 aliphatic carbocycles. The number of hydrogen-bond donors (Lipinski definition) is 1. The third kappa shape index (κ3) is 1.81. The summed E-state index contributed by atoms with van der Waals surface area (Å²) < 4.78 is 5.16. The Balaban J connectivity index is 2.56. The lowest BCUT2D eigenvalue weighted by Gasteiger charge is -2.06. The average molecular weight is 200 g/mol. The standard InChI is InChI=1S/C12H12N2O/c1-2-15-12(13)11-10-6-4-3-5-9(10)7-8-14-11/h3-8,13H,2H2,1H3. The molecular weight excluding hydrogens is 188 g/mol. The van der Waals surface area contributed by atoms with Crippen LogP contribution in [0.15, 0.2) is 36.5 Å². The van der Waals surface area contributed by atoms with Gasteiger partial charge in [-0.2, -0.15) is 0 Å². The third-order valence-electron chi connectivity index (χ3n) is 2.18. The summed E-state index contributed by atoms with van der Waals surface area (Å²) in [5.74, 6) is 0.134. The molecule has 0 radical (unpaired) electrons. The Morgan fingerprint density at radius 1 is 1.33 bits per heavy atom. The lowest BCUT2D eigenvalue weighted by atomic mass is 10.1. The van der Waals surface area contributed by atoms with Gasteiger partial charge < -0.3 is 4.74 Å². The number of ether oxygens (including phenoxy) is 1. The Hall–Kier alpha value is -1.90. The average Bonchev–Trinajstić information content (AvgIpc) is 2.28. The lowest BCUT2D eigenvalue weighted by molar-refractivity contribution is 0.325. The zero-order valence-electron chi connectivity index (χ0n) is 8.53. The first-order valence-corrected chi connectivity index (χ1v) is 4.88. The first-order valence-electron chi connectivity index (χ1n) is 4.88. The first-order chi connectivity index (χ1) is 7.33. The highest BCUT2D eigenvalue weighted by molar-refractivity contribution is 6.03. The van der Waals surface area contributed by atoms with Gasteiger partial charge in [-0.3, -0.25) is 10.4 Å². The quantitative estimate of drug-likeness (QED) is 0.598. The monoisotopic (exact) mass is 200 g/mol. The van der Waals surface area contributed by atoms with Crippen molar-refractivity contribution in [2.45, 2.75) is 6.92 Å². The molecule has 3 nitrogen and oxygen atoms in total. The van der Waals surface area contributed by atoms with Crippen molar-refractivity contribution in [3.8, 4) is 0 Å². The molecule has 76 valence electrons.